The maximum absolute atomic E-state index is 13.0. The summed E-state index contributed by atoms with van der Waals surface area (Å²) >= 11 is 1.60. The molecule has 8 heteroatoms. The lowest BCUT2D eigenvalue weighted by Crippen LogP contribution is -2.28. The zero-order valence-corrected chi connectivity index (χ0v) is 23.5. The first-order chi connectivity index (χ1) is 18.8. The first-order valence-corrected chi connectivity index (χ1v) is 14.0. The van der Waals surface area contributed by atoms with E-state index in [0.29, 0.717) is 18.5 Å². The summed E-state index contributed by atoms with van der Waals surface area (Å²) in [4.78, 5) is 35.9. The number of thiazole rings is 1. The molecule has 3 heterocycles. The molecule has 0 unspecified atom stereocenters. The average Bonchev–Trinajstić information content (AvgIpc) is 3.60. The molecular formula is C31H33N5O2S. The minimum Gasteiger partial charge on any atom is -0.359 e. The molecule has 1 aliphatic rings. The van der Waals surface area contributed by atoms with E-state index in [0.717, 1.165) is 68.6 Å². The van der Waals surface area contributed by atoms with Gasteiger partial charge in [-0.05, 0) is 70.2 Å². The zero-order valence-electron chi connectivity index (χ0n) is 22.7. The van der Waals surface area contributed by atoms with Gasteiger partial charge in [0.1, 0.15) is 5.01 Å². The minimum atomic E-state index is -0.141. The summed E-state index contributed by atoms with van der Waals surface area (Å²) < 4.78 is 0. The predicted molar refractivity (Wildman–Crippen MR) is 160 cm³/mol. The summed E-state index contributed by atoms with van der Waals surface area (Å²) in [5.74, 6) is -0.137. The van der Waals surface area contributed by atoms with Crippen LogP contribution in [0.5, 0.6) is 0 Å². The number of aromatic nitrogens is 2. The highest BCUT2D eigenvalue weighted by molar-refractivity contribution is 7.13. The van der Waals surface area contributed by atoms with Gasteiger partial charge in [-0.1, -0.05) is 36.4 Å². The molecule has 0 spiro atoms. The smallest absolute Gasteiger partial charge is 0.256 e. The molecule has 3 N–H and O–H groups in total. The molecule has 0 fully saturated rings. The Labute approximate surface area is 233 Å². The van der Waals surface area contributed by atoms with Crippen LogP contribution in [0, 0.1) is 13.8 Å². The van der Waals surface area contributed by atoms with Crippen molar-refractivity contribution in [2.45, 2.75) is 26.7 Å². The zero-order chi connectivity index (χ0) is 27.5. The van der Waals surface area contributed by atoms with Gasteiger partial charge >= 0.3 is 0 Å². The number of carbonyl (C=O) groups is 2. The Kier molecular flexibility index (Phi) is 7.77. The van der Waals surface area contributed by atoms with Crippen LogP contribution in [-0.2, 0) is 16.0 Å². The molecule has 39 heavy (non-hydrogen) atoms. The highest BCUT2D eigenvalue weighted by atomic mass is 32.1. The Balaban J connectivity index is 1.37. The van der Waals surface area contributed by atoms with Crippen LogP contribution < -0.4 is 10.6 Å². The molecule has 7 nitrogen and oxygen atoms in total. The van der Waals surface area contributed by atoms with E-state index in [9.17, 15) is 9.59 Å². The quantitative estimate of drug-likeness (QED) is 0.193. The Morgan fingerprint density at radius 1 is 1.10 bits per heavy atom. The maximum atomic E-state index is 13.0. The van der Waals surface area contributed by atoms with E-state index in [1.807, 2.05) is 75.8 Å². The van der Waals surface area contributed by atoms with Crippen LogP contribution in [-0.4, -0.2) is 53.9 Å². The fourth-order valence-corrected chi connectivity index (χ4v) is 5.66. The van der Waals surface area contributed by atoms with Crippen molar-refractivity contribution in [2.75, 3.05) is 32.5 Å². The summed E-state index contributed by atoms with van der Waals surface area (Å²) in [7, 11) is 4.05. The van der Waals surface area contributed by atoms with Gasteiger partial charge in [0, 0.05) is 45.7 Å². The number of benzene rings is 2. The van der Waals surface area contributed by atoms with E-state index in [4.69, 9.17) is 4.98 Å². The number of fused-ring (bicyclic) bond motifs is 1. The van der Waals surface area contributed by atoms with Crippen LogP contribution in [0.15, 0.2) is 53.9 Å². The van der Waals surface area contributed by atoms with Crippen LogP contribution in [0.4, 0.5) is 5.69 Å². The van der Waals surface area contributed by atoms with Crippen LogP contribution in [0.1, 0.15) is 34.5 Å². The summed E-state index contributed by atoms with van der Waals surface area (Å²) in [6, 6.07) is 16.1. The van der Waals surface area contributed by atoms with Gasteiger partial charge < -0.3 is 20.5 Å². The van der Waals surface area contributed by atoms with Gasteiger partial charge in [-0.15, -0.1) is 11.3 Å². The van der Waals surface area contributed by atoms with Crippen molar-refractivity contribution in [3.63, 3.8) is 0 Å². The molecule has 200 valence electrons. The summed E-state index contributed by atoms with van der Waals surface area (Å²) in [5, 5.41) is 9.00. The van der Waals surface area contributed by atoms with Gasteiger partial charge in [-0.25, -0.2) is 4.98 Å². The molecule has 0 bridgehead atoms. The second kappa shape index (κ2) is 11.4. The van der Waals surface area contributed by atoms with E-state index in [1.165, 1.54) is 0 Å². The third kappa shape index (κ3) is 5.87. The van der Waals surface area contributed by atoms with Crippen molar-refractivity contribution in [3.05, 3.63) is 82.0 Å². The van der Waals surface area contributed by atoms with E-state index in [-0.39, 0.29) is 11.8 Å². The summed E-state index contributed by atoms with van der Waals surface area (Å²) in [5.41, 5.74) is 8.87. The number of aryl methyl sites for hydroxylation is 1. The van der Waals surface area contributed by atoms with Crippen LogP contribution in [0.3, 0.4) is 0 Å². The molecular weight excluding hydrogens is 506 g/mol. The van der Waals surface area contributed by atoms with Gasteiger partial charge in [-0.3, -0.25) is 9.59 Å². The Morgan fingerprint density at radius 2 is 1.90 bits per heavy atom. The van der Waals surface area contributed by atoms with Crippen molar-refractivity contribution < 1.29 is 9.59 Å². The SMILES string of the molecule is Cc1[nH]c(/C=C2\C(=O)Nc3ccc(-c4csc(-c5ccccc5)n4)cc32)c(C)c1CC(=O)NCCCN(C)C. The Morgan fingerprint density at radius 3 is 2.67 bits per heavy atom. The van der Waals surface area contributed by atoms with E-state index in [1.54, 1.807) is 11.3 Å². The van der Waals surface area contributed by atoms with E-state index in [2.05, 4.69) is 32.7 Å². The van der Waals surface area contributed by atoms with Gasteiger partial charge in [0.15, 0.2) is 0 Å². The number of aromatic amines is 1. The standard InChI is InChI=1S/C31H33N5O2S/c1-19-23(17-29(37)32-13-8-14-36(3)4)20(2)33-27(19)16-25-24-15-22(11-12-26(24)34-30(25)38)28-18-39-31(35-28)21-9-6-5-7-10-21/h5-7,9-12,15-16,18,33H,8,13-14,17H2,1-4H3,(H,32,37)(H,34,38)/b25-16-. The monoisotopic (exact) mass is 539 g/mol. The predicted octanol–water partition coefficient (Wildman–Crippen LogP) is 5.53. The molecule has 0 saturated heterocycles. The Hall–Kier alpha value is -4.01. The van der Waals surface area contributed by atoms with Crippen molar-refractivity contribution in [2.24, 2.45) is 0 Å². The van der Waals surface area contributed by atoms with E-state index < -0.39 is 0 Å². The topological polar surface area (TPSA) is 90.1 Å². The number of carbonyl (C=O) groups excluding carboxylic acids is 2. The minimum absolute atomic E-state index is 0.00453. The molecule has 4 aromatic rings. The largest absolute Gasteiger partial charge is 0.359 e. The average molecular weight is 540 g/mol. The fourth-order valence-electron chi connectivity index (χ4n) is 4.83. The lowest BCUT2D eigenvalue weighted by Gasteiger charge is -2.10. The van der Waals surface area contributed by atoms with Crippen molar-refractivity contribution >= 4 is 40.5 Å². The number of rotatable bonds is 9. The number of H-pyrrole nitrogens is 1. The number of hydrogen-bond donors (Lipinski definition) is 3. The fraction of sp³-hybridized carbons (Fsp3) is 0.258. The molecule has 2 amide bonds. The van der Waals surface area contributed by atoms with Crippen LogP contribution >= 0.6 is 11.3 Å². The number of anilines is 1. The lowest BCUT2D eigenvalue weighted by molar-refractivity contribution is -0.120. The molecule has 0 radical (unpaired) electrons. The van der Waals surface area contributed by atoms with Gasteiger partial charge in [0.05, 0.1) is 17.7 Å². The number of amides is 2. The summed E-state index contributed by atoms with van der Waals surface area (Å²) in [6.07, 6.45) is 3.11. The third-order valence-corrected chi connectivity index (χ3v) is 7.88. The normalized spacial score (nSPS) is 13.7. The second-order valence-corrected chi connectivity index (χ2v) is 11.0. The number of hydrogen-bond acceptors (Lipinski definition) is 5. The molecule has 5 rings (SSSR count). The molecule has 0 aliphatic carbocycles. The van der Waals surface area contributed by atoms with Gasteiger partial charge in [0.2, 0.25) is 5.91 Å². The number of nitrogens with zero attached hydrogens (tertiary/aromatic N) is 2. The first kappa shape index (κ1) is 26.6. The summed E-state index contributed by atoms with van der Waals surface area (Å²) in [6.45, 7) is 5.55. The van der Waals surface area contributed by atoms with Gasteiger partial charge in [0.25, 0.3) is 5.91 Å². The highest BCUT2D eigenvalue weighted by Gasteiger charge is 2.26. The Bertz CT molecular complexity index is 1550. The van der Waals surface area contributed by atoms with E-state index >= 15 is 0 Å². The number of nitrogens with one attached hydrogen (secondary N) is 3. The van der Waals surface area contributed by atoms with Gasteiger partial charge in [-0.2, -0.15) is 0 Å². The third-order valence-electron chi connectivity index (χ3n) is 6.99. The van der Waals surface area contributed by atoms with Crippen molar-refractivity contribution in [1.82, 2.24) is 20.2 Å². The lowest BCUT2D eigenvalue weighted by atomic mass is 10.0. The second-order valence-electron chi connectivity index (χ2n) is 10.1. The highest BCUT2D eigenvalue weighted by Crippen LogP contribution is 2.38. The van der Waals surface area contributed by atoms with Crippen LogP contribution in [0.2, 0.25) is 0 Å². The molecule has 1 aliphatic heterocycles. The molecule has 2 aromatic heterocycles. The maximum Gasteiger partial charge on any atom is 0.256 e. The molecule has 2 aromatic carbocycles. The molecule has 0 atom stereocenters. The van der Waals surface area contributed by atoms with Crippen LogP contribution in [0.25, 0.3) is 33.5 Å². The van der Waals surface area contributed by atoms with Crippen molar-refractivity contribution in [1.29, 1.82) is 0 Å². The van der Waals surface area contributed by atoms with Crippen molar-refractivity contribution in [3.8, 4) is 21.8 Å². The molecule has 0 saturated carbocycles. The first-order valence-electron chi connectivity index (χ1n) is 13.1.